The highest BCUT2D eigenvalue weighted by molar-refractivity contribution is 7.89. The van der Waals surface area contributed by atoms with Crippen molar-refractivity contribution in [3.8, 4) is 0 Å². The van der Waals surface area contributed by atoms with Crippen molar-refractivity contribution in [2.45, 2.75) is 37.6 Å². The molecule has 1 aromatic rings. The Kier molecular flexibility index (Phi) is 4.48. The molecule has 8 heteroatoms. The molecule has 1 aromatic carbocycles. The van der Waals surface area contributed by atoms with E-state index in [9.17, 15) is 18.5 Å². The number of anilines is 1. The third-order valence-electron chi connectivity index (χ3n) is 3.40. The normalized spacial score (nSPS) is 15.2. The highest BCUT2D eigenvalue weighted by Gasteiger charge is 2.38. The molecular formula is C13H19N3O4S. The molecule has 0 aliphatic heterocycles. The molecule has 0 atom stereocenters. The third-order valence-corrected chi connectivity index (χ3v) is 5.46. The Morgan fingerprint density at radius 2 is 2.05 bits per heavy atom. The Morgan fingerprint density at radius 1 is 1.38 bits per heavy atom. The Balaban J connectivity index is 2.52. The lowest BCUT2D eigenvalue weighted by molar-refractivity contribution is -0.385. The van der Waals surface area contributed by atoms with Crippen LogP contribution in [-0.4, -0.2) is 36.8 Å². The van der Waals surface area contributed by atoms with E-state index in [2.05, 4.69) is 5.32 Å². The average Bonchev–Trinajstić information content (AvgIpc) is 3.24. The monoisotopic (exact) mass is 313 g/mol. The highest BCUT2D eigenvalue weighted by atomic mass is 32.2. The molecule has 1 fully saturated rings. The Bertz CT molecular complexity index is 641. The van der Waals surface area contributed by atoms with Crippen LogP contribution in [0.5, 0.6) is 0 Å². The number of nitro groups is 1. The number of hydrogen-bond donors (Lipinski definition) is 1. The number of rotatable bonds is 7. The maximum atomic E-state index is 12.8. The summed E-state index contributed by atoms with van der Waals surface area (Å²) in [5.41, 5.74) is 0.185. The minimum atomic E-state index is -3.73. The molecule has 7 nitrogen and oxygen atoms in total. The minimum Gasteiger partial charge on any atom is -0.384 e. The predicted molar refractivity (Wildman–Crippen MR) is 79.8 cm³/mol. The molecule has 2 rings (SSSR count). The lowest BCUT2D eigenvalue weighted by Gasteiger charge is -2.21. The lowest BCUT2D eigenvalue weighted by Crippen LogP contribution is -2.33. The van der Waals surface area contributed by atoms with Crippen LogP contribution in [0.1, 0.15) is 26.7 Å². The molecule has 0 aromatic heterocycles. The van der Waals surface area contributed by atoms with Gasteiger partial charge in [0.1, 0.15) is 4.90 Å². The maximum Gasteiger partial charge on any atom is 0.270 e. The van der Waals surface area contributed by atoms with Crippen LogP contribution in [0.15, 0.2) is 23.1 Å². The zero-order valence-electron chi connectivity index (χ0n) is 12.1. The second-order valence-electron chi connectivity index (χ2n) is 4.91. The van der Waals surface area contributed by atoms with Gasteiger partial charge in [-0.15, -0.1) is 0 Å². The molecule has 1 aliphatic carbocycles. The Labute approximate surface area is 124 Å². The first-order valence-electron chi connectivity index (χ1n) is 6.96. The molecule has 0 bridgehead atoms. The van der Waals surface area contributed by atoms with Gasteiger partial charge in [0.05, 0.1) is 10.6 Å². The van der Waals surface area contributed by atoms with Crippen molar-refractivity contribution in [2.75, 3.05) is 18.4 Å². The number of nitro benzene ring substituents is 1. The van der Waals surface area contributed by atoms with E-state index in [-0.39, 0.29) is 16.6 Å². The smallest absolute Gasteiger partial charge is 0.270 e. The van der Waals surface area contributed by atoms with E-state index in [4.69, 9.17) is 0 Å². The number of nitrogens with one attached hydrogen (secondary N) is 1. The minimum absolute atomic E-state index is 0.0210. The molecule has 0 amide bonds. The number of non-ortho nitro benzene ring substituents is 1. The van der Waals surface area contributed by atoms with Crippen LogP contribution in [0.2, 0.25) is 0 Å². The molecule has 1 saturated carbocycles. The summed E-state index contributed by atoms with van der Waals surface area (Å²) in [5.74, 6) is 0. The second-order valence-corrected chi connectivity index (χ2v) is 6.77. The van der Waals surface area contributed by atoms with Crippen molar-refractivity contribution in [1.82, 2.24) is 4.31 Å². The maximum absolute atomic E-state index is 12.8. The highest BCUT2D eigenvalue weighted by Crippen LogP contribution is 2.35. The predicted octanol–water partition coefficient (Wildman–Crippen LogP) is 2.20. The van der Waals surface area contributed by atoms with Gasteiger partial charge in [-0.2, -0.15) is 4.31 Å². The van der Waals surface area contributed by atoms with Gasteiger partial charge in [-0.1, -0.05) is 6.92 Å². The van der Waals surface area contributed by atoms with E-state index in [0.717, 1.165) is 18.9 Å². The van der Waals surface area contributed by atoms with Gasteiger partial charge < -0.3 is 5.32 Å². The first kappa shape index (κ1) is 15.7. The van der Waals surface area contributed by atoms with E-state index in [0.29, 0.717) is 18.8 Å². The SMILES string of the molecule is CCNc1ccc([N+](=O)[O-])cc1S(=O)(=O)N(CC)C1CC1. The van der Waals surface area contributed by atoms with Crippen molar-refractivity contribution in [3.05, 3.63) is 28.3 Å². The molecule has 1 N–H and O–H groups in total. The van der Waals surface area contributed by atoms with Gasteiger partial charge in [0.2, 0.25) is 10.0 Å². The van der Waals surface area contributed by atoms with Gasteiger partial charge in [0.15, 0.2) is 0 Å². The standard InChI is InChI=1S/C13H19N3O4S/c1-3-14-12-8-7-11(16(17)18)9-13(12)21(19,20)15(4-2)10-5-6-10/h7-10,14H,3-6H2,1-2H3. The summed E-state index contributed by atoms with van der Waals surface area (Å²) in [7, 11) is -3.73. The largest absolute Gasteiger partial charge is 0.384 e. The van der Waals surface area contributed by atoms with E-state index in [1.807, 2.05) is 6.92 Å². The summed E-state index contributed by atoms with van der Waals surface area (Å²) in [6, 6.07) is 3.92. The number of benzene rings is 1. The molecule has 1 aliphatic rings. The fourth-order valence-electron chi connectivity index (χ4n) is 2.29. The summed E-state index contributed by atoms with van der Waals surface area (Å²) < 4.78 is 27.0. The molecule has 0 saturated heterocycles. The number of nitrogens with zero attached hydrogens (tertiary/aromatic N) is 2. The van der Waals surface area contributed by atoms with Gasteiger partial charge in [-0.25, -0.2) is 8.42 Å². The summed E-state index contributed by atoms with van der Waals surface area (Å²) in [4.78, 5) is 10.3. The van der Waals surface area contributed by atoms with E-state index in [1.165, 1.54) is 16.4 Å². The number of hydrogen-bond acceptors (Lipinski definition) is 5. The van der Waals surface area contributed by atoms with Crippen LogP contribution in [0, 0.1) is 10.1 Å². The van der Waals surface area contributed by atoms with Crippen molar-refractivity contribution in [2.24, 2.45) is 0 Å². The van der Waals surface area contributed by atoms with Crippen LogP contribution >= 0.6 is 0 Å². The molecule has 0 spiro atoms. The lowest BCUT2D eigenvalue weighted by atomic mass is 10.3. The van der Waals surface area contributed by atoms with Crippen LogP contribution in [0.4, 0.5) is 11.4 Å². The van der Waals surface area contributed by atoms with Crippen molar-refractivity contribution in [3.63, 3.8) is 0 Å². The van der Waals surface area contributed by atoms with Crippen molar-refractivity contribution in [1.29, 1.82) is 0 Å². The van der Waals surface area contributed by atoms with E-state index < -0.39 is 14.9 Å². The molecule has 0 heterocycles. The molecule has 0 radical (unpaired) electrons. The topological polar surface area (TPSA) is 92.5 Å². The van der Waals surface area contributed by atoms with Crippen LogP contribution in [0.25, 0.3) is 0 Å². The summed E-state index contributed by atoms with van der Waals surface area (Å²) in [5, 5.41) is 13.9. The summed E-state index contributed by atoms with van der Waals surface area (Å²) in [6.45, 7) is 4.52. The van der Waals surface area contributed by atoms with Gasteiger partial charge >= 0.3 is 0 Å². The molecule has 0 unspecified atom stereocenters. The Morgan fingerprint density at radius 3 is 2.52 bits per heavy atom. The fraction of sp³-hybridized carbons (Fsp3) is 0.538. The molecule has 21 heavy (non-hydrogen) atoms. The van der Waals surface area contributed by atoms with Gasteiger partial charge in [0, 0.05) is 31.3 Å². The summed E-state index contributed by atoms with van der Waals surface area (Å²) in [6.07, 6.45) is 1.69. The molecular weight excluding hydrogens is 294 g/mol. The van der Waals surface area contributed by atoms with Gasteiger partial charge in [0.25, 0.3) is 5.69 Å². The summed E-state index contributed by atoms with van der Waals surface area (Å²) >= 11 is 0. The second kappa shape index (κ2) is 5.98. The molecule has 116 valence electrons. The zero-order chi connectivity index (χ0) is 15.6. The van der Waals surface area contributed by atoms with Gasteiger partial charge in [-0.05, 0) is 25.8 Å². The van der Waals surface area contributed by atoms with Crippen LogP contribution in [0.3, 0.4) is 0 Å². The first-order valence-corrected chi connectivity index (χ1v) is 8.40. The van der Waals surface area contributed by atoms with Gasteiger partial charge in [-0.3, -0.25) is 10.1 Å². The zero-order valence-corrected chi connectivity index (χ0v) is 12.9. The van der Waals surface area contributed by atoms with Crippen molar-refractivity contribution < 1.29 is 13.3 Å². The average molecular weight is 313 g/mol. The van der Waals surface area contributed by atoms with Crippen LogP contribution < -0.4 is 5.32 Å². The van der Waals surface area contributed by atoms with E-state index >= 15 is 0 Å². The quantitative estimate of drug-likeness (QED) is 0.615. The fourth-order valence-corrected chi connectivity index (χ4v) is 4.17. The van der Waals surface area contributed by atoms with Crippen molar-refractivity contribution >= 4 is 21.4 Å². The third kappa shape index (κ3) is 3.16. The first-order chi connectivity index (χ1) is 9.91. The van der Waals surface area contributed by atoms with E-state index in [1.54, 1.807) is 6.92 Å². The Hall–Kier alpha value is -1.67. The van der Waals surface area contributed by atoms with Crippen LogP contribution in [-0.2, 0) is 10.0 Å². The number of sulfonamides is 1.